The Balaban J connectivity index is 1.62. The highest BCUT2D eigenvalue weighted by molar-refractivity contribution is 8.00. The first kappa shape index (κ1) is 11.9. The Kier molecular flexibility index (Phi) is 3.69. The van der Waals surface area contributed by atoms with Crippen molar-refractivity contribution in [1.82, 2.24) is 5.32 Å². The second-order valence-electron chi connectivity index (χ2n) is 4.98. The van der Waals surface area contributed by atoms with E-state index in [1.165, 1.54) is 29.2 Å². The molecule has 92 valence electrons. The minimum atomic E-state index is 0.740. The van der Waals surface area contributed by atoms with Gasteiger partial charge in [-0.15, -0.1) is 11.8 Å². The van der Waals surface area contributed by atoms with Crippen LogP contribution in [0, 0.1) is 5.92 Å². The van der Waals surface area contributed by atoms with Gasteiger partial charge in [-0.05, 0) is 43.2 Å². The molecular formula is C14H19NS2. The summed E-state index contributed by atoms with van der Waals surface area (Å²) in [6.45, 7) is 0. The van der Waals surface area contributed by atoms with Crippen molar-refractivity contribution in [3.05, 3.63) is 29.8 Å². The summed E-state index contributed by atoms with van der Waals surface area (Å²) in [6.07, 6.45) is 2.65. The predicted molar refractivity (Wildman–Crippen MR) is 78.1 cm³/mol. The molecule has 3 unspecified atom stereocenters. The number of hydrogen-bond donors (Lipinski definition) is 1. The molecule has 2 heterocycles. The molecule has 1 aromatic rings. The molecule has 1 fully saturated rings. The number of rotatable bonds is 3. The minimum absolute atomic E-state index is 0.740. The lowest BCUT2D eigenvalue weighted by Gasteiger charge is -2.20. The average Bonchev–Trinajstić information content (AvgIpc) is 2.94. The third-order valence-corrected chi connectivity index (χ3v) is 6.45. The van der Waals surface area contributed by atoms with Crippen molar-refractivity contribution in [3.63, 3.8) is 0 Å². The molecule has 0 spiro atoms. The molecule has 0 amide bonds. The second kappa shape index (κ2) is 5.25. The molecular weight excluding hydrogens is 246 g/mol. The predicted octanol–water partition coefficient (Wildman–Crippen LogP) is 3.04. The van der Waals surface area contributed by atoms with Crippen LogP contribution in [-0.2, 0) is 6.42 Å². The monoisotopic (exact) mass is 265 g/mol. The molecule has 0 aliphatic carbocycles. The summed E-state index contributed by atoms with van der Waals surface area (Å²) in [5.41, 5.74) is 1.56. The van der Waals surface area contributed by atoms with Gasteiger partial charge in [0.1, 0.15) is 0 Å². The van der Waals surface area contributed by atoms with Gasteiger partial charge in [0.05, 0.1) is 0 Å². The van der Waals surface area contributed by atoms with Gasteiger partial charge in [0.2, 0.25) is 0 Å². The molecule has 0 aromatic heterocycles. The van der Waals surface area contributed by atoms with Gasteiger partial charge >= 0.3 is 0 Å². The number of fused-ring (bicyclic) bond motifs is 1. The van der Waals surface area contributed by atoms with Gasteiger partial charge in [-0.25, -0.2) is 0 Å². The fraction of sp³-hybridized carbons (Fsp3) is 0.571. The summed E-state index contributed by atoms with van der Waals surface area (Å²) in [7, 11) is 2.11. The molecule has 1 saturated heterocycles. The molecule has 0 bridgehead atoms. The van der Waals surface area contributed by atoms with Crippen LogP contribution in [0.4, 0.5) is 0 Å². The Morgan fingerprint density at radius 1 is 1.29 bits per heavy atom. The largest absolute Gasteiger partial charge is 0.316 e. The molecule has 3 rings (SSSR count). The molecule has 2 aliphatic heterocycles. The minimum Gasteiger partial charge on any atom is -0.316 e. The summed E-state index contributed by atoms with van der Waals surface area (Å²) in [5.74, 6) is 3.52. The molecule has 1 nitrogen and oxygen atoms in total. The molecule has 0 saturated carbocycles. The average molecular weight is 265 g/mol. The molecule has 3 heteroatoms. The van der Waals surface area contributed by atoms with E-state index in [2.05, 4.69) is 60.2 Å². The standard InChI is InChI=1S/C14H19NS2/c1-15-13-9-16-8-11(13)7-12-6-10-4-2-3-5-14(10)17-12/h2-5,11-13,15H,6-9H2,1H3. The molecule has 2 aliphatic rings. The third kappa shape index (κ3) is 2.51. The Bertz CT molecular complexity index is 369. The number of hydrogen-bond acceptors (Lipinski definition) is 3. The van der Waals surface area contributed by atoms with E-state index in [0.29, 0.717) is 0 Å². The van der Waals surface area contributed by atoms with Crippen molar-refractivity contribution in [1.29, 1.82) is 0 Å². The van der Waals surface area contributed by atoms with Crippen molar-refractivity contribution in [2.45, 2.75) is 29.0 Å². The number of nitrogens with one attached hydrogen (secondary N) is 1. The first-order valence-corrected chi connectivity index (χ1v) is 8.40. The van der Waals surface area contributed by atoms with Crippen molar-refractivity contribution in [2.24, 2.45) is 5.92 Å². The third-order valence-electron chi connectivity index (χ3n) is 3.85. The fourth-order valence-corrected chi connectivity index (χ4v) is 5.80. The Morgan fingerprint density at radius 2 is 2.18 bits per heavy atom. The van der Waals surface area contributed by atoms with Crippen molar-refractivity contribution < 1.29 is 0 Å². The van der Waals surface area contributed by atoms with Gasteiger partial charge in [-0.3, -0.25) is 0 Å². The zero-order valence-corrected chi connectivity index (χ0v) is 11.8. The van der Waals surface area contributed by atoms with E-state index >= 15 is 0 Å². The lowest BCUT2D eigenvalue weighted by molar-refractivity contribution is 0.424. The summed E-state index contributed by atoms with van der Waals surface area (Å²) in [4.78, 5) is 1.52. The topological polar surface area (TPSA) is 12.0 Å². The second-order valence-corrected chi connectivity index (χ2v) is 7.40. The highest BCUT2D eigenvalue weighted by Gasteiger charge is 2.31. The summed E-state index contributed by atoms with van der Waals surface area (Å²) < 4.78 is 0. The van der Waals surface area contributed by atoms with Crippen LogP contribution < -0.4 is 5.32 Å². The zero-order valence-electron chi connectivity index (χ0n) is 10.2. The summed E-state index contributed by atoms with van der Waals surface area (Å²) in [6, 6.07) is 9.64. The molecule has 1 aromatic carbocycles. The van der Waals surface area contributed by atoms with Crippen LogP contribution in [0.5, 0.6) is 0 Å². The highest BCUT2D eigenvalue weighted by Crippen LogP contribution is 2.41. The van der Waals surface area contributed by atoms with Crippen LogP contribution in [0.15, 0.2) is 29.2 Å². The summed E-state index contributed by atoms with van der Waals surface area (Å²) >= 11 is 4.21. The molecule has 17 heavy (non-hydrogen) atoms. The van der Waals surface area contributed by atoms with Gasteiger partial charge in [0.25, 0.3) is 0 Å². The fourth-order valence-electron chi connectivity index (χ4n) is 2.87. The maximum Gasteiger partial charge on any atom is 0.0191 e. The maximum atomic E-state index is 3.48. The van der Waals surface area contributed by atoms with E-state index in [4.69, 9.17) is 0 Å². The van der Waals surface area contributed by atoms with E-state index in [9.17, 15) is 0 Å². The first-order valence-electron chi connectivity index (χ1n) is 6.36. The van der Waals surface area contributed by atoms with Gasteiger partial charge in [-0.2, -0.15) is 11.8 Å². The van der Waals surface area contributed by atoms with Crippen LogP contribution in [0.2, 0.25) is 0 Å². The van der Waals surface area contributed by atoms with E-state index in [-0.39, 0.29) is 0 Å². The van der Waals surface area contributed by atoms with Crippen LogP contribution in [0.3, 0.4) is 0 Å². The lowest BCUT2D eigenvalue weighted by Crippen LogP contribution is -2.33. The zero-order chi connectivity index (χ0) is 11.7. The van der Waals surface area contributed by atoms with E-state index < -0.39 is 0 Å². The Labute approximate surface area is 112 Å². The Hall–Kier alpha value is -0.120. The number of benzene rings is 1. The van der Waals surface area contributed by atoms with E-state index in [0.717, 1.165) is 17.2 Å². The van der Waals surface area contributed by atoms with Crippen LogP contribution in [-0.4, -0.2) is 29.8 Å². The first-order chi connectivity index (χ1) is 8.36. The quantitative estimate of drug-likeness (QED) is 0.902. The smallest absolute Gasteiger partial charge is 0.0191 e. The highest BCUT2D eigenvalue weighted by atomic mass is 32.2. The van der Waals surface area contributed by atoms with Crippen LogP contribution >= 0.6 is 23.5 Å². The van der Waals surface area contributed by atoms with Crippen LogP contribution in [0.25, 0.3) is 0 Å². The van der Waals surface area contributed by atoms with E-state index in [1.54, 1.807) is 5.56 Å². The number of thioether (sulfide) groups is 2. The van der Waals surface area contributed by atoms with Gasteiger partial charge in [0.15, 0.2) is 0 Å². The van der Waals surface area contributed by atoms with Gasteiger partial charge in [0, 0.05) is 21.9 Å². The van der Waals surface area contributed by atoms with Crippen molar-refractivity contribution >= 4 is 23.5 Å². The molecule has 0 radical (unpaired) electrons. The SMILES string of the molecule is CNC1CSCC1CC1Cc2ccccc2S1. The normalized spacial score (nSPS) is 31.7. The summed E-state index contributed by atoms with van der Waals surface area (Å²) in [5, 5.41) is 4.29. The van der Waals surface area contributed by atoms with Crippen LogP contribution in [0.1, 0.15) is 12.0 Å². The van der Waals surface area contributed by atoms with Gasteiger partial charge in [-0.1, -0.05) is 18.2 Å². The van der Waals surface area contributed by atoms with Crippen molar-refractivity contribution in [2.75, 3.05) is 18.6 Å². The van der Waals surface area contributed by atoms with Crippen molar-refractivity contribution in [3.8, 4) is 0 Å². The van der Waals surface area contributed by atoms with Gasteiger partial charge < -0.3 is 5.32 Å². The lowest BCUT2D eigenvalue weighted by atomic mass is 9.95. The molecule has 1 N–H and O–H groups in total. The molecule has 3 atom stereocenters. The maximum absolute atomic E-state index is 3.48. The van der Waals surface area contributed by atoms with E-state index in [1.807, 2.05) is 0 Å². The Morgan fingerprint density at radius 3 is 3.00 bits per heavy atom.